The minimum atomic E-state index is -0.371. The maximum Gasteiger partial charge on any atom is 0.251 e. The number of halogens is 1. The number of rotatable bonds is 5. The molecule has 1 aliphatic carbocycles. The molecule has 1 saturated carbocycles. The van der Waals surface area contributed by atoms with Crippen LogP contribution in [-0.4, -0.2) is 30.8 Å². The van der Waals surface area contributed by atoms with Crippen LogP contribution in [0.4, 0.5) is 4.39 Å². The van der Waals surface area contributed by atoms with Gasteiger partial charge in [0.15, 0.2) is 0 Å². The van der Waals surface area contributed by atoms with Gasteiger partial charge in [0.2, 0.25) is 0 Å². The van der Waals surface area contributed by atoms with Crippen molar-refractivity contribution < 1.29 is 19.0 Å². The van der Waals surface area contributed by atoms with Crippen molar-refractivity contribution in [2.24, 2.45) is 5.92 Å². The Bertz CT molecular complexity index is 492. The monoisotopic (exact) mass is 295 g/mol. The molecule has 0 spiro atoms. The van der Waals surface area contributed by atoms with Gasteiger partial charge in [0, 0.05) is 24.8 Å². The lowest BCUT2D eigenvalue weighted by molar-refractivity contribution is 0.0873. The van der Waals surface area contributed by atoms with Gasteiger partial charge in [0.25, 0.3) is 5.91 Å². The maximum atomic E-state index is 13.5. The summed E-state index contributed by atoms with van der Waals surface area (Å²) in [6.45, 7) is 0.689. The van der Waals surface area contributed by atoms with Gasteiger partial charge in [0.1, 0.15) is 5.82 Å². The van der Waals surface area contributed by atoms with Crippen molar-refractivity contribution in [1.29, 1.82) is 0 Å². The van der Waals surface area contributed by atoms with Gasteiger partial charge in [-0.15, -0.1) is 0 Å². The minimum absolute atomic E-state index is 0.141. The molecule has 2 unspecified atom stereocenters. The number of methoxy groups -OCH3 is 1. The van der Waals surface area contributed by atoms with E-state index < -0.39 is 0 Å². The molecular weight excluding hydrogens is 273 g/mol. The van der Waals surface area contributed by atoms with Gasteiger partial charge in [-0.05, 0) is 43.4 Å². The molecule has 0 bridgehead atoms. The Labute approximate surface area is 124 Å². The Balaban J connectivity index is 1.92. The molecule has 2 atom stereocenters. The second-order valence-electron chi connectivity index (χ2n) is 5.64. The zero-order valence-corrected chi connectivity index (χ0v) is 12.3. The molecule has 21 heavy (non-hydrogen) atoms. The average Bonchev–Trinajstić information content (AvgIpc) is 2.47. The van der Waals surface area contributed by atoms with Crippen molar-refractivity contribution in [3.63, 3.8) is 0 Å². The Morgan fingerprint density at radius 2 is 2.29 bits per heavy atom. The fourth-order valence-electron chi connectivity index (χ4n) is 2.77. The van der Waals surface area contributed by atoms with E-state index in [2.05, 4.69) is 5.32 Å². The molecule has 1 fully saturated rings. The summed E-state index contributed by atoms with van der Waals surface area (Å²) in [7, 11) is 1.49. The summed E-state index contributed by atoms with van der Waals surface area (Å²) in [5, 5.41) is 12.5. The highest BCUT2D eigenvalue weighted by Gasteiger charge is 2.20. The largest absolute Gasteiger partial charge is 0.393 e. The highest BCUT2D eigenvalue weighted by Crippen LogP contribution is 2.23. The van der Waals surface area contributed by atoms with E-state index in [0.29, 0.717) is 23.6 Å². The molecule has 2 rings (SSSR count). The molecule has 2 N–H and O–H groups in total. The number of hydrogen-bond acceptors (Lipinski definition) is 3. The van der Waals surface area contributed by atoms with Gasteiger partial charge in [-0.25, -0.2) is 4.39 Å². The summed E-state index contributed by atoms with van der Waals surface area (Å²) in [5.41, 5.74) is 0.804. The zero-order valence-electron chi connectivity index (χ0n) is 12.3. The second kappa shape index (κ2) is 7.52. The lowest BCUT2D eigenvalue weighted by Crippen LogP contribution is -2.33. The number of benzene rings is 1. The highest BCUT2D eigenvalue weighted by atomic mass is 19.1. The number of aliphatic hydroxyl groups excluding tert-OH is 1. The fourth-order valence-corrected chi connectivity index (χ4v) is 2.77. The molecule has 4 nitrogen and oxygen atoms in total. The van der Waals surface area contributed by atoms with Crippen LogP contribution in [0.3, 0.4) is 0 Å². The molecular formula is C16H22FNO3. The van der Waals surface area contributed by atoms with Gasteiger partial charge in [0.05, 0.1) is 12.7 Å². The van der Waals surface area contributed by atoms with Gasteiger partial charge in [-0.3, -0.25) is 4.79 Å². The van der Waals surface area contributed by atoms with Crippen molar-refractivity contribution in [3.05, 3.63) is 35.1 Å². The number of carbonyl (C=O) groups is 1. The summed E-state index contributed by atoms with van der Waals surface area (Å²) in [6.07, 6.45) is 3.35. The average molecular weight is 295 g/mol. The third-order valence-electron chi connectivity index (χ3n) is 3.91. The van der Waals surface area contributed by atoms with Gasteiger partial charge in [-0.1, -0.05) is 6.42 Å². The van der Waals surface area contributed by atoms with Crippen LogP contribution in [0, 0.1) is 11.7 Å². The topological polar surface area (TPSA) is 58.6 Å². The quantitative estimate of drug-likeness (QED) is 0.876. The van der Waals surface area contributed by atoms with Gasteiger partial charge in [-0.2, -0.15) is 0 Å². The predicted octanol–water partition coefficient (Wildman–Crippen LogP) is 2.25. The normalized spacial score (nSPS) is 22.0. The number of hydrogen-bond donors (Lipinski definition) is 2. The summed E-state index contributed by atoms with van der Waals surface area (Å²) in [5.74, 6) is -0.271. The molecule has 1 aromatic rings. The summed E-state index contributed by atoms with van der Waals surface area (Å²) in [4.78, 5) is 12.1. The summed E-state index contributed by atoms with van der Waals surface area (Å²) >= 11 is 0. The van der Waals surface area contributed by atoms with E-state index in [4.69, 9.17) is 4.74 Å². The van der Waals surface area contributed by atoms with Gasteiger partial charge < -0.3 is 15.2 Å². The van der Waals surface area contributed by atoms with Crippen LogP contribution in [0.5, 0.6) is 0 Å². The van der Waals surface area contributed by atoms with Crippen molar-refractivity contribution in [3.8, 4) is 0 Å². The van der Waals surface area contributed by atoms with E-state index in [1.54, 1.807) is 0 Å². The van der Waals surface area contributed by atoms with Crippen LogP contribution in [0.15, 0.2) is 18.2 Å². The lowest BCUT2D eigenvalue weighted by Gasteiger charge is -2.25. The number of nitrogens with one attached hydrogen (secondary N) is 1. The van der Waals surface area contributed by atoms with E-state index in [-0.39, 0.29) is 24.4 Å². The number of amides is 1. The Kier molecular flexibility index (Phi) is 5.70. The molecule has 1 amide bonds. The van der Waals surface area contributed by atoms with E-state index in [0.717, 1.165) is 25.7 Å². The molecule has 0 heterocycles. The van der Waals surface area contributed by atoms with Crippen molar-refractivity contribution in [2.45, 2.75) is 38.4 Å². The molecule has 0 radical (unpaired) electrons. The Morgan fingerprint density at radius 3 is 3.00 bits per heavy atom. The predicted molar refractivity (Wildman–Crippen MR) is 77.4 cm³/mol. The van der Waals surface area contributed by atoms with Crippen LogP contribution in [-0.2, 0) is 11.3 Å². The van der Waals surface area contributed by atoms with Crippen molar-refractivity contribution >= 4 is 5.91 Å². The zero-order chi connectivity index (χ0) is 15.2. The first kappa shape index (κ1) is 15.9. The summed E-state index contributed by atoms with van der Waals surface area (Å²) < 4.78 is 18.4. The highest BCUT2D eigenvalue weighted by molar-refractivity contribution is 5.94. The third-order valence-corrected chi connectivity index (χ3v) is 3.91. The third kappa shape index (κ3) is 4.51. The van der Waals surface area contributed by atoms with Crippen molar-refractivity contribution in [1.82, 2.24) is 5.32 Å². The second-order valence-corrected chi connectivity index (χ2v) is 5.64. The van der Waals surface area contributed by atoms with E-state index >= 15 is 0 Å². The Hall–Kier alpha value is -1.46. The molecule has 116 valence electrons. The minimum Gasteiger partial charge on any atom is -0.393 e. The number of aliphatic hydroxyl groups is 1. The van der Waals surface area contributed by atoms with E-state index in [9.17, 15) is 14.3 Å². The lowest BCUT2D eigenvalue weighted by atomic mass is 9.87. The van der Waals surface area contributed by atoms with E-state index in [1.807, 2.05) is 0 Å². The molecule has 1 aliphatic rings. The molecule has 0 aliphatic heterocycles. The maximum absolute atomic E-state index is 13.5. The van der Waals surface area contributed by atoms with E-state index in [1.165, 1.54) is 25.3 Å². The molecule has 1 aromatic carbocycles. The first-order valence-electron chi connectivity index (χ1n) is 7.33. The first-order chi connectivity index (χ1) is 10.1. The number of carbonyl (C=O) groups excluding carboxylic acids is 1. The van der Waals surface area contributed by atoms with Gasteiger partial charge >= 0.3 is 0 Å². The van der Waals surface area contributed by atoms with Crippen LogP contribution < -0.4 is 5.32 Å². The fraction of sp³-hybridized carbons (Fsp3) is 0.562. The smallest absolute Gasteiger partial charge is 0.251 e. The standard InChI is InChI=1S/C16H22FNO3/c1-21-10-13-8-12(5-6-15(13)17)16(20)18-9-11-3-2-4-14(19)7-11/h5-6,8,11,14,19H,2-4,7,9-10H2,1H3,(H,18,20). The van der Waals surface area contributed by atoms with Crippen LogP contribution >= 0.6 is 0 Å². The summed E-state index contributed by atoms with van der Waals surface area (Å²) in [6, 6.07) is 4.27. The molecule has 0 aromatic heterocycles. The first-order valence-corrected chi connectivity index (χ1v) is 7.33. The molecule has 0 saturated heterocycles. The van der Waals surface area contributed by atoms with Crippen LogP contribution in [0.2, 0.25) is 0 Å². The van der Waals surface area contributed by atoms with Crippen LogP contribution in [0.1, 0.15) is 41.6 Å². The van der Waals surface area contributed by atoms with Crippen molar-refractivity contribution in [2.75, 3.05) is 13.7 Å². The molecule has 5 heteroatoms. The SMILES string of the molecule is COCc1cc(C(=O)NCC2CCCC(O)C2)ccc1F. The van der Waals surface area contributed by atoms with Crippen LogP contribution in [0.25, 0.3) is 0 Å². The Morgan fingerprint density at radius 1 is 1.48 bits per heavy atom. The number of ether oxygens (including phenoxy) is 1.